The summed E-state index contributed by atoms with van der Waals surface area (Å²) in [4.78, 5) is 28.1. The smallest absolute Gasteiger partial charge is 0.273 e. The highest BCUT2D eigenvalue weighted by atomic mass is 35.5. The average molecular weight is 428 g/mol. The molecule has 1 saturated carbocycles. The van der Waals surface area contributed by atoms with Crippen molar-refractivity contribution in [2.75, 3.05) is 23.9 Å². The Balaban J connectivity index is 2.03. The number of carbonyl (C=O) groups is 2. The van der Waals surface area contributed by atoms with Gasteiger partial charge in [-0.1, -0.05) is 11.6 Å². The van der Waals surface area contributed by atoms with Gasteiger partial charge in [-0.15, -0.1) is 10.2 Å². The zero-order valence-electron chi connectivity index (χ0n) is 17.5. The van der Waals surface area contributed by atoms with Crippen molar-refractivity contribution in [2.24, 2.45) is 5.92 Å². The summed E-state index contributed by atoms with van der Waals surface area (Å²) in [6, 6.07) is 2.39. The number of sulfone groups is 1. The molecule has 0 spiro atoms. The summed E-state index contributed by atoms with van der Waals surface area (Å²) in [5.41, 5.74) is -0.570. The lowest BCUT2D eigenvalue weighted by molar-refractivity contribution is -0.117. The van der Waals surface area contributed by atoms with Crippen molar-refractivity contribution >= 4 is 50.6 Å². The van der Waals surface area contributed by atoms with E-state index in [2.05, 4.69) is 25.8 Å². The molecule has 2 aromatic rings. The Morgan fingerprint density at radius 1 is 1.29 bits per heavy atom. The molecule has 148 valence electrons. The quantitative estimate of drug-likeness (QED) is 0.627. The maximum absolute atomic E-state index is 12.4. The van der Waals surface area contributed by atoms with Crippen molar-refractivity contribution in [3.63, 3.8) is 0 Å². The van der Waals surface area contributed by atoms with Crippen molar-refractivity contribution < 1.29 is 22.1 Å². The van der Waals surface area contributed by atoms with Gasteiger partial charge in [0.05, 0.1) is 10.7 Å². The molecule has 0 atom stereocenters. The Morgan fingerprint density at radius 3 is 2.68 bits per heavy atom. The number of anilines is 3. The van der Waals surface area contributed by atoms with Crippen LogP contribution in [0.25, 0.3) is 0 Å². The summed E-state index contributed by atoms with van der Waals surface area (Å²) in [6.45, 7) is -2.80. The van der Waals surface area contributed by atoms with E-state index in [4.69, 9.17) is 15.7 Å². The summed E-state index contributed by atoms with van der Waals surface area (Å²) in [6.07, 6.45) is 3.62. The van der Waals surface area contributed by atoms with E-state index in [0.717, 1.165) is 19.1 Å². The highest BCUT2D eigenvalue weighted by Gasteiger charge is 2.30. The number of rotatable bonds is 6. The van der Waals surface area contributed by atoms with Crippen molar-refractivity contribution in [2.45, 2.75) is 17.7 Å². The zero-order chi connectivity index (χ0) is 23.0. The molecule has 0 saturated heterocycles. The monoisotopic (exact) mass is 427 g/mol. The highest BCUT2D eigenvalue weighted by molar-refractivity contribution is 7.90. The molecule has 2 amide bonds. The molecule has 1 fully saturated rings. The first kappa shape index (κ1) is 16.2. The van der Waals surface area contributed by atoms with Gasteiger partial charge in [-0.25, -0.2) is 13.4 Å². The molecule has 1 aliphatic rings. The van der Waals surface area contributed by atoms with Crippen LogP contribution >= 0.6 is 11.6 Å². The van der Waals surface area contributed by atoms with E-state index in [1.807, 2.05) is 0 Å². The van der Waals surface area contributed by atoms with Crippen molar-refractivity contribution in [3.05, 3.63) is 29.0 Å². The van der Waals surface area contributed by atoms with E-state index in [1.165, 1.54) is 18.3 Å². The molecular weight excluding hydrogens is 408 g/mol. The van der Waals surface area contributed by atoms with Crippen LogP contribution in [0.4, 0.5) is 17.3 Å². The zero-order valence-corrected chi connectivity index (χ0v) is 16.1. The van der Waals surface area contributed by atoms with Gasteiger partial charge in [-0.05, 0) is 18.9 Å². The van der Waals surface area contributed by atoms with Crippen LogP contribution < -0.4 is 16.0 Å². The molecule has 3 N–H and O–H groups in total. The topological polar surface area (TPSA) is 143 Å². The van der Waals surface area contributed by atoms with Crippen LogP contribution in [0.2, 0.25) is 5.02 Å². The molecule has 0 aliphatic heterocycles. The second kappa shape index (κ2) is 7.68. The third-order valence-electron chi connectivity index (χ3n) is 3.79. The maximum atomic E-state index is 12.4. The summed E-state index contributed by atoms with van der Waals surface area (Å²) < 4.78 is 45.8. The molecule has 3 rings (SSSR count). The third kappa shape index (κ3) is 4.54. The highest BCUT2D eigenvalue weighted by Crippen LogP contribution is 2.31. The molecule has 2 aromatic heterocycles. The molecule has 2 heterocycles. The number of nitrogens with one attached hydrogen (secondary N) is 3. The number of amides is 2. The number of pyridine rings is 1. The first-order chi connectivity index (χ1) is 14.3. The predicted molar refractivity (Wildman–Crippen MR) is 102 cm³/mol. The molecule has 1 aliphatic carbocycles. The molecule has 10 nitrogen and oxygen atoms in total. The molecular formula is C16H17ClN6O4S. The number of halogens is 1. The minimum absolute atomic E-state index is 0.0142. The average Bonchev–Trinajstić information content (AvgIpc) is 3.46. The van der Waals surface area contributed by atoms with Crippen molar-refractivity contribution in [3.8, 4) is 0 Å². The Bertz CT molecular complexity index is 1150. The fraction of sp³-hybridized carbons (Fsp3) is 0.312. The summed E-state index contributed by atoms with van der Waals surface area (Å²) in [5.74, 6) is -1.69. The molecule has 28 heavy (non-hydrogen) atoms. The SMILES string of the molecule is [2H]C([2H])([2H])NC(=O)c1nnc(NC(=O)C2CC2)cc1Nc1ncc(Cl)cc1S(C)(=O)=O. The van der Waals surface area contributed by atoms with Gasteiger partial charge < -0.3 is 16.0 Å². The van der Waals surface area contributed by atoms with Crippen LogP contribution in [0.3, 0.4) is 0 Å². The summed E-state index contributed by atoms with van der Waals surface area (Å²) in [5, 5.41) is 14.5. The van der Waals surface area contributed by atoms with Gasteiger partial charge in [0.1, 0.15) is 10.7 Å². The van der Waals surface area contributed by atoms with E-state index >= 15 is 0 Å². The van der Waals surface area contributed by atoms with E-state index in [-0.39, 0.29) is 39.1 Å². The number of hydrogen-bond acceptors (Lipinski definition) is 8. The molecule has 12 heteroatoms. The fourth-order valence-electron chi connectivity index (χ4n) is 2.27. The van der Waals surface area contributed by atoms with Gasteiger partial charge in [0, 0.05) is 35.5 Å². The van der Waals surface area contributed by atoms with Gasteiger partial charge in [0.25, 0.3) is 5.91 Å². The number of nitrogens with zero attached hydrogens (tertiary/aromatic N) is 3. The normalized spacial score (nSPS) is 15.7. The van der Waals surface area contributed by atoms with E-state index in [9.17, 15) is 18.0 Å². The molecule has 0 bridgehead atoms. The third-order valence-corrected chi connectivity index (χ3v) is 5.11. The standard InChI is InChI=1S/C16H17ClN6O4S/c1-18-16(25)13-10(6-12(22-23-13)21-15(24)8-3-4-8)20-14-11(28(2,26)27)5-9(17)7-19-14/h5-8H,3-4H2,1-2H3,(H,18,25)(H2,19,20,21,22,24)/i1D3. The van der Waals surface area contributed by atoms with Crippen LogP contribution in [0.15, 0.2) is 23.2 Å². The molecule has 0 radical (unpaired) electrons. The van der Waals surface area contributed by atoms with Crippen LogP contribution in [0.1, 0.15) is 27.4 Å². The van der Waals surface area contributed by atoms with Gasteiger partial charge in [-0.3, -0.25) is 9.59 Å². The van der Waals surface area contributed by atoms with E-state index in [0.29, 0.717) is 0 Å². The lowest BCUT2D eigenvalue weighted by atomic mass is 10.2. The molecule has 0 unspecified atom stereocenters. The summed E-state index contributed by atoms with van der Waals surface area (Å²) in [7, 11) is -3.78. The van der Waals surface area contributed by atoms with Crippen molar-refractivity contribution in [1.82, 2.24) is 20.5 Å². The first-order valence-electron chi connectivity index (χ1n) is 9.47. The lowest BCUT2D eigenvalue weighted by Crippen LogP contribution is -2.22. The van der Waals surface area contributed by atoms with Crippen molar-refractivity contribution in [1.29, 1.82) is 0 Å². The van der Waals surface area contributed by atoms with Gasteiger partial charge in [-0.2, -0.15) is 0 Å². The van der Waals surface area contributed by atoms with Gasteiger partial charge in [0.15, 0.2) is 21.3 Å². The van der Waals surface area contributed by atoms with E-state index < -0.39 is 28.4 Å². The Labute approximate surface area is 170 Å². The maximum Gasteiger partial charge on any atom is 0.273 e. The molecule has 0 aromatic carbocycles. The predicted octanol–water partition coefficient (Wildman–Crippen LogP) is 1.38. The van der Waals surface area contributed by atoms with E-state index in [1.54, 1.807) is 5.32 Å². The van der Waals surface area contributed by atoms with Gasteiger partial charge >= 0.3 is 0 Å². The number of carbonyl (C=O) groups excluding carboxylic acids is 2. The Hall–Kier alpha value is -2.79. The van der Waals surface area contributed by atoms with Crippen LogP contribution in [0, 0.1) is 5.92 Å². The second-order valence-electron chi connectivity index (χ2n) is 6.11. The Morgan fingerprint density at radius 2 is 2.04 bits per heavy atom. The van der Waals surface area contributed by atoms with Gasteiger partial charge in [0.2, 0.25) is 5.91 Å². The summed E-state index contributed by atoms with van der Waals surface area (Å²) >= 11 is 5.85. The minimum Gasteiger partial charge on any atom is -0.354 e. The fourth-order valence-corrected chi connectivity index (χ4v) is 3.29. The van der Waals surface area contributed by atoms with Crippen LogP contribution in [-0.2, 0) is 14.6 Å². The first-order valence-corrected chi connectivity index (χ1v) is 10.2. The van der Waals surface area contributed by atoms with Crippen LogP contribution in [-0.4, -0.2) is 48.6 Å². The Kier molecular flexibility index (Phi) is 4.44. The number of hydrogen-bond donors (Lipinski definition) is 3. The van der Waals surface area contributed by atoms with Crippen LogP contribution in [0.5, 0.6) is 0 Å². The number of aromatic nitrogens is 3. The minimum atomic E-state index is -3.78. The second-order valence-corrected chi connectivity index (χ2v) is 8.53. The largest absolute Gasteiger partial charge is 0.354 e. The lowest BCUT2D eigenvalue weighted by Gasteiger charge is -2.13.